The maximum Gasteiger partial charge on any atom is 0.267 e. The third kappa shape index (κ3) is 5.40. The van der Waals surface area contributed by atoms with E-state index < -0.39 is 0 Å². The van der Waals surface area contributed by atoms with Gasteiger partial charge in [0.1, 0.15) is 12.3 Å². The van der Waals surface area contributed by atoms with Gasteiger partial charge in [-0.15, -0.1) is 0 Å². The third-order valence-corrected chi connectivity index (χ3v) is 3.45. The fraction of sp³-hybridized carbons (Fsp3) is 0.294. The van der Waals surface area contributed by atoms with Crippen LogP contribution in [0.3, 0.4) is 0 Å². The molecule has 128 valence electrons. The number of amides is 1. The van der Waals surface area contributed by atoms with Crippen LogP contribution in [-0.4, -0.2) is 31.2 Å². The van der Waals surface area contributed by atoms with Gasteiger partial charge in [0, 0.05) is 37.5 Å². The molecule has 0 radical (unpaired) electrons. The number of hydrogen-bond acceptors (Lipinski definition) is 4. The number of aromatic amines is 1. The molecule has 0 aliphatic carbocycles. The van der Waals surface area contributed by atoms with Gasteiger partial charge in [-0.25, -0.2) is 0 Å². The molecule has 1 aromatic heterocycles. The second-order valence-electron chi connectivity index (χ2n) is 5.10. The number of H-pyrrole nitrogens is 1. The molecule has 7 heteroatoms. The molecular weight excluding hydrogens is 332 g/mol. The van der Waals surface area contributed by atoms with Crippen molar-refractivity contribution in [2.75, 3.05) is 20.3 Å². The topological polar surface area (TPSA) is 80.4 Å². The van der Waals surface area contributed by atoms with Gasteiger partial charge in [-0.2, -0.15) is 0 Å². The molecule has 0 aliphatic heterocycles. The molecule has 2 rings (SSSR count). The van der Waals surface area contributed by atoms with Crippen LogP contribution in [0.25, 0.3) is 0 Å². The van der Waals surface area contributed by atoms with Crippen molar-refractivity contribution in [2.24, 2.45) is 0 Å². The van der Waals surface area contributed by atoms with Crippen LogP contribution in [-0.2, 0) is 11.3 Å². The number of ether oxygens (including phenoxy) is 2. The zero-order valence-corrected chi connectivity index (χ0v) is 14.1. The van der Waals surface area contributed by atoms with Gasteiger partial charge in [-0.05, 0) is 24.1 Å². The van der Waals surface area contributed by atoms with E-state index in [0.717, 1.165) is 5.56 Å². The molecule has 24 heavy (non-hydrogen) atoms. The van der Waals surface area contributed by atoms with Gasteiger partial charge in [0.15, 0.2) is 5.75 Å². The first-order valence-electron chi connectivity index (χ1n) is 7.47. The molecule has 6 nitrogen and oxygen atoms in total. The predicted molar refractivity (Wildman–Crippen MR) is 91.7 cm³/mol. The van der Waals surface area contributed by atoms with E-state index >= 15 is 0 Å². The van der Waals surface area contributed by atoms with Crippen molar-refractivity contribution in [2.45, 2.75) is 13.0 Å². The Hall–Kier alpha value is -2.31. The van der Waals surface area contributed by atoms with Gasteiger partial charge < -0.3 is 19.8 Å². The number of rotatable bonds is 8. The number of carbonyl (C=O) groups is 1. The quantitative estimate of drug-likeness (QED) is 0.716. The Balaban J connectivity index is 1.94. The van der Waals surface area contributed by atoms with E-state index in [0.29, 0.717) is 24.6 Å². The Morgan fingerprint density at radius 1 is 1.33 bits per heavy atom. The standard InChI is InChI=1S/C17H19ClN2O4/c1-23-7-3-6-19-17(22)14-9-15(21)16(10-20-14)24-11-12-4-2-5-13(18)8-12/h2,4-5,8-10H,3,6-7,11H2,1H3,(H,19,22)(H,20,21). The van der Waals surface area contributed by atoms with E-state index in [-0.39, 0.29) is 29.4 Å². The number of carbonyl (C=O) groups excluding carboxylic acids is 1. The highest BCUT2D eigenvalue weighted by atomic mass is 35.5. The smallest absolute Gasteiger partial charge is 0.267 e. The Morgan fingerprint density at radius 2 is 2.17 bits per heavy atom. The first-order valence-corrected chi connectivity index (χ1v) is 7.85. The monoisotopic (exact) mass is 350 g/mol. The SMILES string of the molecule is COCCCNC(=O)c1cc(=O)c(OCc2cccc(Cl)c2)c[nH]1. The summed E-state index contributed by atoms with van der Waals surface area (Å²) in [4.78, 5) is 26.7. The summed E-state index contributed by atoms with van der Waals surface area (Å²) in [7, 11) is 1.60. The second kappa shape index (κ2) is 9.10. The normalized spacial score (nSPS) is 10.4. The molecule has 0 bridgehead atoms. The summed E-state index contributed by atoms with van der Waals surface area (Å²) in [6.07, 6.45) is 2.09. The minimum Gasteiger partial charge on any atom is -0.483 e. The van der Waals surface area contributed by atoms with Gasteiger partial charge >= 0.3 is 0 Å². The van der Waals surface area contributed by atoms with Crippen molar-refractivity contribution >= 4 is 17.5 Å². The molecule has 1 aromatic carbocycles. The lowest BCUT2D eigenvalue weighted by Crippen LogP contribution is -2.27. The minimum atomic E-state index is -0.363. The summed E-state index contributed by atoms with van der Waals surface area (Å²) >= 11 is 5.90. The zero-order chi connectivity index (χ0) is 17.4. The largest absolute Gasteiger partial charge is 0.483 e. The maximum absolute atomic E-state index is 12.0. The van der Waals surface area contributed by atoms with Gasteiger partial charge in [-0.1, -0.05) is 23.7 Å². The van der Waals surface area contributed by atoms with Crippen LogP contribution in [0.15, 0.2) is 41.3 Å². The van der Waals surface area contributed by atoms with Crippen LogP contribution in [0, 0.1) is 0 Å². The van der Waals surface area contributed by atoms with Crippen molar-refractivity contribution in [1.82, 2.24) is 10.3 Å². The molecule has 1 amide bonds. The molecule has 0 unspecified atom stereocenters. The molecule has 2 N–H and O–H groups in total. The predicted octanol–water partition coefficient (Wildman–Crippen LogP) is 2.37. The molecule has 0 fully saturated rings. The molecule has 0 saturated heterocycles. The van der Waals surface area contributed by atoms with Gasteiger partial charge in [-0.3, -0.25) is 9.59 Å². The zero-order valence-electron chi connectivity index (χ0n) is 13.3. The summed E-state index contributed by atoms with van der Waals surface area (Å²) in [5.41, 5.74) is 0.673. The number of nitrogens with one attached hydrogen (secondary N) is 2. The highest BCUT2D eigenvalue weighted by molar-refractivity contribution is 6.30. The van der Waals surface area contributed by atoms with Crippen molar-refractivity contribution in [3.8, 4) is 5.75 Å². The first-order chi connectivity index (χ1) is 11.6. The Morgan fingerprint density at radius 3 is 2.88 bits per heavy atom. The van der Waals surface area contributed by atoms with E-state index in [2.05, 4.69) is 10.3 Å². The average Bonchev–Trinajstić information content (AvgIpc) is 2.57. The van der Waals surface area contributed by atoms with E-state index in [9.17, 15) is 9.59 Å². The summed E-state index contributed by atoms with van der Waals surface area (Å²) in [5, 5.41) is 3.30. The molecule has 1 heterocycles. The molecule has 0 aliphatic rings. The Bertz CT molecular complexity index is 745. The lowest BCUT2D eigenvalue weighted by atomic mass is 10.2. The van der Waals surface area contributed by atoms with Crippen molar-refractivity contribution in [3.63, 3.8) is 0 Å². The van der Waals surface area contributed by atoms with Crippen LogP contribution in [0.2, 0.25) is 5.02 Å². The lowest BCUT2D eigenvalue weighted by Gasteiger charge is -2.08. The number of benzene rings is 1. The number of halogens is 1. The van der Waals surface area contributed by atoms with Crippen LogP contribution >= 0.6 is 11.6 Å². The van der Waals surface area contributed by atoms with Crippen molar-refractivity contribution < 1.29 is 14.3 Å². The van der Waals surface area contributed by atoms with Crippen LogP contribution in [0.5, 0.6) is 5.75 Å². The number of hydrogen-bond donors (Lipinski definition) is 2. The van der Waals surface area contributed by atoms with Crippen LogP contribution < -0.4 is 15.5 Å². The summed E-state index contributed by atoms with van der Waals surface area (Å²) < 4.78 is 10.4. The Labute approximate surface area is 144 Å². The number of methoxy groups -OCH3 is 1. The molecule has 2 aromatic rings. The van der Waals surface area contributed by atoms with E-state index in [4.69, 9.17) is 21.1 Å². The minimum absolute atomic E-state index is 0.144. The van der Waals surface area contributed by atoms with Crippen molar-refractivity contribution in [1.29, 1.82) is 0 Å². The van der Waals surface area contributed by atoms with Gasteiger partial charge in [0.2, 0.25) is 5.43 Å². The molecule has 0 atom stereocenters. The highest BCUT2D eigenvalue weighted by Gasteiger charge is 2.09. The Kier molecular flexibility index (Phi) is 6.84. The number of pyridine rings is 1. The van der Waals surface area contributed by atoms with E-state index in [1.54, 1.807) is 19.2 Å². The van der Waals surface area contributed by atoms with Crippen LogP contribution in [0.4, 0.5) is 0 Å². The molecular formula is C17H19ClN2O4. The maximum atomic E-state index is 12.0. The van der Waals surface area contributed by atoms with Crippen molar-refractivity contribution in [3.05, 3.63) is 63.0 Å². The highest BCUT2D eigenvalue weighted by Crippen LogP contribution is 2.12. The summed E-state index contributed by atoms with van der Waals surface area (Å²) in [6.45, 7) is 1.25. The van der Waals surface area contributed by atoms with E-state index in [1.807, 2.05) is 12.1 Å². The summed E-state index contributed by atoms with van der Waals surface area (Å²) in [6, 6.07) is 8.40. The summed E-state index contributed by atoms with van der Waals surface area (Å²) in [5.74, 6) is -0.199. The first kappa shape index (κ1) is 18.0. The second-order valence-corrected chi connectivity index (χ2v) is 5.53. The number of aromatic nitrogens is 1. The van der Waals surface area contributed by atoms with Gasteiger partial charge in [0.25, 0.3) is 5.91 Å². The molecule has 0 spiro atoms. The van der Waals surface area contributed by atoms with Crippen LogP contribution in [0.1, 0.15) is 22.5 Å². The lowest BCUT2D eigenvalue weighted by molar-refractivity contribution is 0.0943. The fourth-order valence-corrected chi connectivity index (χ4v) is 2.22. The van der Waals surface area contributed by atoms with Gasteiger partial charge in [0.05, 0.1) is 0 Å². The third-order valence-electron chi connectivity index (χ3n) is 3.22. The average molecular weight is 351 g/mol. The fourth-order valence-electron chi connectivity index (χ4n) is 2.00. The van der Waals surface area contributed by atoms with E-state index in [1.165, 1.54) is 12.3 Å². The molecule has 0 saturated carbocycles.